The Hall–Kier alpha value is -2.84. The van der Waals surface area contributed by atoms with Gasteiger partial charge in [0.05, 0.1) is 0 Å². The Labute approximate surface area is 144 Å². The van der Waals surface area contributed by atoms with Gasteiger partial charge in [0.15, 0.2) is 0 Å². The monoisotopic (exact) mass is 347 g/mol. The number of amides is 1. The molecule has 1 aliphatic rings. The lowest BCUT2D eigenvalue weighted by atomic mass is 10.2. The Bertz CT molecular complexity index is 802. The molecule has 3 heterocycles. The van der Waals surface area contributed by atoms with E-state index in [0.29, 0.717) is 37.6 Å². The first kappa shape index (κ1) is 17.0. The summed E-state index contributed by atoms with van der Waals surface area (Å²) in [7, 11) is 0. The second-order valence-electron chi connectivity index (χ2n) is 6.91. The van der Waals surface area contributed by atoms with Gasteiger partial charge in [0.25, 0.3) is 0 Å². The Morgan fingerprint density at radius 2 is 1.92 bits per heavy atom. The van der Waals surface area contributed by atoms with E-state index in [1.165, 1.54) is 10.6 Å². The normalized spacial score (nSPS) is 15.5. The summed E-state index contributed by atoms with van der Waals surface area (Å²) >= 11 is 0. The highest BCUT2D eigenvalue weighted by atomic mass is 16.6. The van der Waals surface area contributed by atoms with Crippen LogP contribution in [0.4, 0.5) is 16.4 Å². The van der Waals surface area contributed by atoms with E-state index in [-0.39, 0.29) is 11.9 Å². The third-order valence-corrected chi connectivity index (χ3v) is 3.93. The number of hydrogen-bond donors (Lipinski definition) is 0. The molecule has 134 valence electrons. The summed E-state index contributed by atoms with van der Waals surface area (Å²) < 4.78 is 6.92. The van der Waals surface area contributed by atoms with Gasteiger partial charge in [-0.15, -0.1) is 0 Å². The molecule has 1 fully saturated rings. The first-order valence-corrected chi connectivity index (χ1v) is 8.10. The topological polar surface area (TPSA) is 93.2 Å². The fraction of sp³-hybridized carbons (Fsp3) is 0.500. The maximum Gasteiger partial charge on any atom is 0.410 e. The number of piperazine rings is 1. The fourth-order valence-corrected chi connectivity index (χ4v) is 2.82. The summed E-state index contributed by atoms with van der Waals surface area (Å²) in [6.07, 6.45) is 0.925. The number of nitrogens with zero attached hydrogens (tertiary/aromatic N) is 5. The quantitative estimate of drug-likeness (QED) is 0.611. The Morgan fingerprint density at radius 3 is 2.52 bits per heavy atom. The van der Waals surface area contributed by atoms with Crippen LogP contribution in [0.5, 0.6) is 0 Å². The van der Waals surface area contributed by atoms with Crippen molar-refractivity contribution in [3.63, 3.8) is 0 Å². The van der Waals surface area contributed by atoms with E-state index in [1.54, 1.807) is 11.0 Å². The summed E-state index contributed by atoms with van der Waals surface area (Å²) in [5, 5.41) is 11.2. The van der Waals surface area contributed by atoms with Crippen LogP contribution in [0.3, 0.4) is 0 Å². The smallest absolute Gasteiger partial charge is 0.410 e. The number of rotatable bonds is 2. The Kier molecular flexibility index (Phi) is 4.23. The van der Waals surface area contributed by atoms with Crippen molar-refractivity contribution in [3.8, 4) is 0 Å². The number of aromatic nitrogens is 2. The number of hydrogen-bond acceptors (Lipinski definition) is 6. The van der Waals surface area contributed by atoms with Gasteiger partial charge >= 0.3 is 11.9 Å². The number of imidazole rings is 1. The van der Waals surface area contributed by atoms with E-state index >= 15 is 0 Å². The van der Waals surface area contributed by atoms with Crippen LogP contribution in [-0.2, 0) is 4.74 Å². The molecule has 0 unspecified atom stereocenters. The second-order valence-corrected chi connectivity index (χ2v) is 6.91. The zero-order valence-electron chi connectivity index (χ0n) is 14.5. The van der Waals surface area contributed by atoms with Crippen molar-refractivity contribution in [3.05, 3.63) is 34.5 Å². The molecule has 2 aromatic heterocycles. The lowest BCUT2D eigenvalue weighted by Gasteiger charge is -2.35. The average molecular weight is 347 g/mol. The number of pyridine rings is 1. The van der Waals surface area contributed by atoms with Crippen LogP contribution in [0.15, 0.2) is 24.4 Å². The molecule has 0 radical (unpaired) electrons. The van der Waals surface area contributed by atoms with Gasteiger partial charge < -0.3 is 24.7 Å². The second kappa shape index (κ2) is 6.23. The van der Waals surface area contributed by atoms with Gasteiger partial charge in [-0.3, -0.25) is 0 Å². The highest BCUT2D eigenvalue weighted by Crippen LogP contribution is 2.24. The minimum Gasteiger partial charge on any atom is -0.444 e. The molecule has 0 aromatic carbocycles. The molecule has 0 N–H and O–H groups in total. The van der Waals surface area contributed by atoms with Crippen molar-refractivity contribution in [2.75, 3.05) is 31.1 Å². The average Bonchev–Trinajstić information content (AvgIpc) is 2.97. The molecular formula is C16H21N5O4. The minimum atomic E-state index is -0.531. The maximum atomic E-state index is 12.2. The largest absolute Gasteiger partial charge is 0.444 e. The summed E-state index contributed by atoms with van der Waals surface area (Å²) in [5.41, 5.74) is -0.00388. The molecule has 3 rings (SSSR count). The Balaban J connectivity index is 1.78. The van der Waals surface area contributed by atoms with E-state index in [0.717, 1.165) is 0 Å². The standard InChI is InChI=1S/C16H21N5O4/c1-16(2,3)25-15(22)19-9-7-18(8-10-19)13-6-4-5-12-17-11-14(20(12)13)21(23)24/h4-6,11H,7-10H2,1-3H3. The molecule has 0 spiro atoms. The fourth-order valence-electron chi connectivity index (χ4n) is 2.82. The highest BCUT2D eigenvalue weighted by molar-refractivity contribution is 5.68. The number of carbonyl (C=O) groups is 1. The maximum absolute atomic E-state index is 12.2. The molecule has 9 nitrogen and oxygen atoms in total. The van der Waals surface area contributed by atoms with Crippen LogP contribution in [-0.4, -0.2) is 57.1 Å². The summed E-state index contributed by atoms with van der Waals surface area (Å²) in [6.45, 7) is 7.61. The summed E-state index contributed by atoms with van der Waals surface area (Å²) in [5.74, 6) is 0.630. The van der Waals surface area contributed by atoms with Gasteiger partial charge in [0.1, 0.15) is 11.8 Å². The van der Waals surface area contributed by atoms with Crippen LogP contribution >= 0.6 is 0 Å². The first-order valence-electron chi connectivity index (χ1n) is 8.10. The molecule has 0 atom stereocenters. The Morgan fingerprint density at radius 1 is 1.24 bits per heavy atom. The van der Waals surface area contributed by atoms with Gasteiger partial charge in [0.2, 0.25) is 11.5 Å². The third-order valence-electron chi connectivity index (χ3n) is 3.93. The predicted molar refractivity (Wildman–Crippen MR) is 91.9 cm³/mol. The molecule has 2 aromatic rings. The SMILES string of the molecule is CC(C)(C)OC(=O)N1CCN(c2cccc3ncc([N+](=O)[O-])n23)CC1. The first-order chi connectivity index (χ1) is 11.8. The molecule has 0 saturated carbocycles. The lowest BCUT2D eigenvalue weighted by Crippen LogP contribution is -2.50. The molecule has 1 amide bonds. The van der Waals surface area contributed by atoms with Gasteiger partial charge in [-0.2, -0.15) is 4.40 Å². The molecule has 0 bridgehead atoms. The van der Waals surface area contributed by atoms with E-state index < -0.39 is 10.5 Å². The van der Waals surface area contributed by atoms with Gasteiger partial charge in [-0.25, -0.2) is 9.78 Å². The van der Waals surface area contributed by atoms with Crippen molar-refractivity contribution in [2.45, 2.75) is 26.4 Å². The number of fused-ring (bicyclic) bond motifs is 1. The van der Waals surface area contributed by atoms with Crippen molar-refractivity contribution >= 4 is 23.4 Å². The number of carbonyl (C=O) groups excluding carboxylic acids is 1. The molecule has 1 aliphatic heterocycles. The van der Waals surface area contributed by atoms with Gasteiger partial charge in [-0.05, 0) is 25.7 Å². The van der Waals surface area contributed by atoms with Crippen LogP contribution in [0.1, 0.15) is 20.8 Å². The van der Waals surface area contributed by atoms with Crippen LogP contribution in [0.25, 0.3) is 5.65 Å². The van der Waals surface area contributed by atoms with Crippen molar-refractivity contribution in [1.82, 2.24) is 14.3 Å². The van der Waals surface area contributed by atoms with Crippen LogP contribution in [0.2, 0.25) is 0 Å². The summed E-state index contributed by atoms with van der Waals surface area (Å²) in [6, 6.07) is 5.37. The van der Waals surface area contributed by atoms with Gasteiger partial charge in [0, 0.05) is 38.3 Å². The van der Waals surface area contributed by atoms with Crippen molar-refractivity contribution in [1.29, 1.82) is 0 Å². The molecule has 25 heavy (non-hydrogen) atoms. The predicted octanol–water partition coefficient (Wildman–Crippen LogP) is 2.30. The van der Waals surface area contributed by atoms with Crippen molar-refractivity contribution in [2.24, 2.45) is 0 Å². The lowest BCUT2D eigenvalue weighted by molar-refractivity contribution is -0.390. The zero-order chi connectivity index (χ0) is 18.2. The molecular weight excluding hydrogens is 326 g/mol. The van der Waals surface area contributed by atoms with Gasteiger partial charge in [-0.1, -0.05) is 6.07 Å². The minimum absolute atomic E-state index is 0.0693. The molecule has 0 aliphatic carbocycles. The van der Waals surface area contributed by atoms with Crippen molar-refractivity contribution < 1.29 is 14.5 Å². The van der Waals surface area contributed by atoms with E-state index in [1.807, 2.05) is 37.8 Å². The number of ether oxygens (including phenoxy) is 1. The van der Waals surface area contributed by atoms with E-state index in [4.69, 9.17) is 4.74 Å². The third kappa shape index (κ3) is 3.49. The van der Waals surface area contributed by atoms with E-state index in [9.17, 15) is 14.9 Å². The molecule has 1 saturated heterocycles. The van der Waals surface area contributed by atoms with Crippen LogP contribution in [0, 0.1) is 10.1 Å². The number of anilines is 1. The molecule has 9 heteroatoms. The van der Waals surface area contributed by atoms with Crippen LogP contribution < -0.4 is 4.90 Å². The number of nitro groups is 1. The zero-order valence-corrected chi connectivity index (χ0v) is 14.5. The van der Waals surface area contributed by atoms with E-state index in [2.05, 4.69) is 4.98 Å². The highest BCUT2D eigenvalue weighted by Gasteiger charge is 2.28. The summed E-state index contributed by atoms with van der Waals surface area (Å²) in [4.78, 5) is 30.7.